The summed E-state index contributed by atoms with van der Waals surface area (Å²) in [6.45, 7) is 1.05. The molecular weight excluding hydrogens is 302 g/mol. The monoisotopic (exact) mass is 319 g/mol. The number of primary amides is 1. The molecule has 8 heteroatoms. The predicted molar refractivity (Wildman–Crippen MR) is 82.8 cm³/mol. The Hall–Kier alpha value is -1.93. The Morgan fingerprint density at radius 2 is 2.32 bits per heavy atom. The zero-order chi connectivity index (χ0) is 15.7. The Bertz CT molecular complexity index is 728. The minimum absolute atomic E-state index is 0.334. The van der Waals surface area contributed by atoms with E-state index in [0.717, 1.165) is 35.4 Å². The van der Waals surface area contributed by atoms with Gasteiger partial charge in [-0.2, -0.15) is 5.10 Å². The van der Waals surface area contributed by atoms with Crippen LogP contribution in [0.3, 0.4) is 0 Å². The number of rotatable bonds is 5. The first kappa shape index (κ1) is 15.0. The molecule has 2 aromatic heterocycles. The summed E-state index contributed by atoms with van der Waals surface area (Å²) in [7, 11) is 1.63. The van der Waals surface area contributed by atoms with Crippen molar-refractivity contribution >= 4 is 17.7 Å². The lowest BCUT2D eigenvalue weighted by atomic mass is 9.93. The van der Waals surface area contributed by atoms with Gasteiger partial charge in [-0.1, -0.05) is 11.8 Å². The molecule has 0 aliphatic heterocycles. The number of nitrogens with two attached hydrogens (primary N) is 1. The summed E-state index contributed by atoms with van der Waals surface area (Å²) in [5, 5.41) is 5.08. The second kappa shape index (κ2) is 6.05. The van der Waals surface area contributed by atoms with E-state index in [1.165, 1.54) is 11.8 Å². The summed E-state index contributed by atoms with van der Waals surface area (Å²) in [6, 6.07) is 0. The summed E-state index contributed by atoms with van der Waals surface area (Å²) >= 11 is 1.48. The molecule has 0 unspecified atom stereocenters. The molecule has 22 heavy (non-hydrogen) atoms. The maximum atomic E-state index is 11.7. The number of aryl methyl sites for hydroxylation is 1. The first-order valence-corrected chi connectivity index (χ1v) is 8.17. The lowest BCUT2D eigenvalue weighted by Crippen LogP contribution is -2.15. The van der Waals surface area contributed by atoms with Crippen LogP contribution in [0.5, 0.6) is 0 Å². The van der Waals surface area contributed by atoms with Gasteiger partial charge in [0.05, 0.1) is 24.5 Å². The molecular formula is C14H17N5O2S. The number of hydrogen-bond donors (Lipinski definition) is 1. The number of fused-ring (bicyclic) bond motifs is 3. The molecule has 3 rings (SSSR count). The highest BCUT2D eigenvalue weighted by Crippen LogP contribution is 2.34. The first-order chi connectivity index (χ1) is 10.7. The second-order valence-electron chi connectivity index (χ2n) is 4.99. The van der Waals surface area contributed by atoms with Gasteiger partial charge in [-0.25, -0.2) is 9.97 Å². The third-order valence-corrected chi connectivity index (χ3v) is 4.25. The van der Waals surface area contributed by atoms with E-state index in [-0.39, 0.29) is 0 Å². The minimum Gasteiger partial charge on any atom is -0.383 e. The summed E-state index contributed by atoms with van der Waals surface area (Å²) in [5.41, 5.74) is 9.46. The van der Waals surface area contributed by atoms with Gasteiger partial charge in [0.1, 0.15) is 0 Å². The Morgan fingerprint density at radius 1 is 1.50 bits per heavy atom. The number of hydrogen-bond acceptors (Lipinski definition) is 6. The van der Waals surface area contributed by atoms with Crippen molar-refractivity contribution in [3.8, 4) is 11.4 Å². The number of methoxy groups -OCH3 is 1. The maximum absolute atomic E-state index is 11.7. The Balaban J connectivity index is 2.18. The number of aromatic nitrogens is 4. The molecule has 116 valence electrons. The molecule has 0 radical (unpaired) electrons. The fourth-order valence-electron chi connectivity index (χ4n) is 2.68. The highest BCUT2D eigenvalue weighted by atomic mass is 32.2. The molecule has 0 spiro atoms. The highest BCUT2D eigenvalue weighted by Gasteiger charge is 2.28. The fraction of sp³-hybridized carbons (Fsp3) is 0.429. The van der Waals surface area contributed by atoms with Gasteiger partial charge in [-0.15, -0.1) is 0 Å². The van der Waals surface area contributed by atoms with Crippen molar-refractivity contribution in [2.75, 3.05) is 20.0 Å². The molecule has 2 heterocycles. The zero-order valence-corrected chi connectivity index (χ0v) is 13.3. The average Bonchev–Trinajstić information content (AvgIpc) is 2.91. The van der Waals surface area contributed by atoms with Crippen molar-refractivity contribution in [1.82, 2.24) is 19.7 Å². The zero-order valence-electron chi connectivity index (χ0n) is 12.5. The standard InChI is InChI=1S/C14H17N5O2S/c1-21-6-5-19-12-9(11(18-19)13(15)20)4-3-8-7-16-14(22-2)17-10(8)12/h7H,3-6H2,1-2H3,(H2,15,20). The largest absolute Gasteiger partial charge is 0.383 e. The van der Waals surface area contributed by atoms with Crippen molar-refractivity contribution < 1.29 is 9.53 Å². The van der Waals surface area contributed by atoms with Crippen LogP contribution in [0, 0.1) is 0 Å². The van der Waals surface area contributed by atoms with E-state index in [4.69, 9.17) is 10.5 Å². The molecule has 2 N–H and O–H groups in total. The molecule has 0 saturated heterocycles. The molecule has 0 atom stereocenters. The smallest absolute Gasteiger partial charge is 0.269 e. The Labute approximate surface area is 132 Å². The van der Waals surface area contributed by atoms with Crippen LogP contribution in [-0.4, -0.2) is 45.6 Å². The fourth-order valence-corrected chi connectivity index (χ4v) is 3.02. The van der Waals surface area contributed by atoms with Crippen LogP contribution in [0.2, 0.25) is 0 Å². The average molecular weight is 319 g/mol. The summed E-state index contributed by atoms with van der Waals surface area (Å²) in [5.74, 6) is -0.505. The van der Waals surface area contributed by atoms with E-state index in [0.29, 0.717) is 24.0 Å². The molecule has 2 aromatic rings. The third-order valence-electron chi connectivity index (χ3n) is 3.68. The number of carbonyl (C=O) groups is 1. The highest BCUT2D eigenvalue weighted by molar-refractivity contribution is 7.98. The Morgan fingerprint density at radius 3 is 3.00 bits per heavy atom. The summed E-state index contributed by atoms with van der Waals surface area (Å²) < 4.78 is 6.90. The lowest BCUT2D eigenvalue weighted by Gasteiger charge is -2.17. The van der Waals surface area contributed by atoms with Crippen molar-refractivity contribution in [2.45, 2.75) is 24.5 Å². The van der Waals surface area contributed by atoms with Crippen molar-refractivity contribution in [1.29, 1.82) is 0 Å². The van der Waals surface area contributed by atoms with Gasteiger partial charge in [0.25, 0.3) is 5.91 Å². The number of amides is 1. The van der Waals surface area contributed by atoms with Crippen LogP contribution >= 0.6 is 11.8 Å². The quantitative estimate of drug-likeness (QED) is 0.650. The molecule has 0 saturated carbocycles. The van der Waals surface area contributed by atoms with Crippen LogP contribution in [0.1, 0.15) is 21.6 Å². The van der Waals surface area contributed by atoms with E-state index in [2.05, 4.69) is 15.1 Å². The van der Waals surface area contributed by atoms with E-state index < -0.39 is 5.91 Å². The van der Waals surface area contributed by atoms with E-state index in [9.17, 15) is 4.79 Å². The second-order valence-corrected chi connectivity index (χ2v) is 5.76. The summed E-state index contributed by atoms with van der Waals surface area (Å²) in [6.07, 6.45) is 5.29. The number of ether oxygens (including phenoxy) is 1. The van der Waals surface area contributed by atoms with Gasteiger partial charge >= 0.3 is 0 Å². The summed E-state index contributed by atoms with van der Waals surface area (Å²) in [4.78, 5) is 20.6. The van der Waals surface area contributed by atoms with E-state index in [1.54, 1.807) is 11.8 Å². The Kier molecular flexibility index (Phi) is 4.12. The van der Waals surface area contributed by atoms with Crippen molar-refractivity contribution in [3.63, 3.8) is 0 Å². The van der Waals surface area contributed by atoms with Crippen molar-refractivity contribution in [2.24, 2.45) is 5.73 Å². The predicted octanol–water partition coefficient (Wildman–Crippen LogP) is 0.906. The van der Waals surface area contributed by atoms with Gasteiger partial charge in [0, 0.05) is 18.9 Å². The number of thioether (sulfide) groups is 1. The van der Waals surface area contributed by atoms with Gasteiger partial charge in [-0.3, -0.25) is 9.48 Å². The minimum atomic E-state index is -0.505. The normalized spacial score (nSPS) is 12.8. The van der Waals surface area contributed by atoms with Crippen LogP contribution in [-0.2, 0) is 24.1 Å². The molecule has 0 aromatic carbocycles. The topological polar surface area (TPSA) is 95.9 Å². The molecule has 0 bridgehead atoms. The SMILES string of the molecule is COCCn1nc(C(N)=O)c2c1-c1nc(SC)ncc1CC2. The van der Waals surface area contributed by atoms with Gasteiger partial charge < -0.3 is 10.5 Å². The van der Waals surface area contributed by atoms with Gasteiger partial charge in [0.15, 0.2) is 10.9 Å². The maximum Gasteiger partial charge on any atom is 0.269 e. The molecule has 1 aliphatic rings. The number of nitrogens with zero attached hydrogens (tertiary/aromatic N) is 4. The molecule has 0 fully saturated rings. The van der Waals surface area contributed by atoms with Crippen LogP contribution in [0.4, 0.5) is 0 Å². The van der Waals surface area contributed by atoms with Gasteiger partial charge in [0.2, 0.25) is 0 Å². The molecule has 7 nitrogen and oxygen atoms in total. The first-order valence-electron chi connectivity index (χ1n) is 6.94. The molecule has 1 aliphatic carbocycles. The van der Waals surface area contributed by atoms with Crippen molar-refractivity contribution in [3.05, 3.63) is 23.0 Å². The van der Waals surface area contributed by atoms with E-state index >= 15 is 0 Å². The lowest BCUT2D eigenvalue weighted by molar-refractivity contribution is 0.0993. The van der Waals surface area contributed by atoms with E-state index in [1.807, 2.05) is 12.5 Å². The third kappa shape index (κ3) is 2.48. The van der Waals surface area contributed by atoms with Crippen LogP contribution in [0.25, 0.3) is 11.4 Å². The number of carbonyl (C=O) groups excluding carboxylic acids is 1. The van der Waals surface area contributed by atoms with Crippen LogP contribution in [0.15, 0.2) is 11.4 Å². The van der Waals surface area contributed by atoms with Crippen LogP contribution < -0.4 is 5.73 Å². The van der Waals surface area contributed by atoms with Gasteiger partial charge in [-0.05, 0) is 24.7 Å². The molecule has 1 amide bonds.